The van der Waals surface area contributed by atoms with E-state index < -0.39 is 5.41 Å². The van der Waals surface area contributed by atoms with Crippen LogP contribution in [0.3, 0.4) is 0 Å². The van der Waals surface area contributed by atoms with Gasteiger partial charge in [0.15, 0.2) is 0 Å². The van der Waals surface area contributed by atoms with Crippen molar-refractivity contribution in [3.05, 3.63) is 29.8 Å². The third kappa shape index (κ3) is 2.27. The van der Waals surface area contributed by atoms with Crippen LogP contribution < -0.4 is 4.74 Å². The molecule has 0 radical (unpaired) electrons. The number of ether oxygens (including phenoxy) is 1. The molecule has 0 spiro atoms. The molecule has 3 heteroatoms. The van der Waals surface area contributed by atoms with Gasteiger partial charge in [0.1, 0.15) is 5.75 Å². The molecule has 1 atom stereocenters. The smallest absolute Gasteiger partial charge is 0.118 e. The molecule has 15 heavy (non-hydrogen) atoms. The summed E-state index contributed by atoms with van der Waals surface area (Å²) < 4.78 is 5.03. The molecule has 0 N–H and O–H groups in total. The van der Waals surface area contributed by atoms with E-state index in [9.17, 15) is 0 Å². The van der Waals surface area contributed by atoms with Gasteiger partial charge < -0.3 is 4.74 Å². The van der Waals surface area contributed by atoms with E-state index in [1.54, 1.807) is 26.2 Å². The number of hydrogen-bond donors (Lipinski definition) is 0. The SMILES string of the molecule is COc1ccc(C(C)(C#N)CC#N)cc1. The van der Waals surface area contributed by atoms with Gasteiger partial charge in [-0.2, -0.15) is 10.5 Å². The molecular formula is C12H12N2O. The van der Waals surface area contributed by atoms with E-state index in [0.717, 1.165) is 11.3 Å². The molecule has 0 bridgehead atoms. The Balaban J connectivity index is 3.05. The lowest BCUT2D eigenvalue weighted by molar-refractivity contribution is 0.414. The van der Waals surface area contributed by atoms with Gasteiger partial charge in [0, 0.05) is 0 Å². The van der Waals surface area contributed by atoms with Gasteiger partial charge in [-0.25, -0.2) is 0 Å². The van der Waals surface area contributed by atoms with Gasteiger partial charge in [0.05, 0.1) is 31.1 Å². The second-order valence-corrected chi connectivity index (χ2v) is 3.51. The van der Waals surface area contributed by atoms with Crippen LogP contribution in [0.1, 0.15) is 18.9 Å². The van der Waals surface area contributed by atoms with Gasteiger partial charge in [-0.1, -0.05) is 12.1 Å². The highest BCUT2D eigenvalue weighted by molar-refractivity contribution is 5.36. The molecule has 1 aromatic rings. The summed E-state index contributed by atoms with van der Waals surface area (Å²) in [6.07, 6.45) is 0.190. The Morgan fingerprint density at radius 2 is 1.87 bits per heavy atom. The third-order valence-corrected chi connectivity index (χ3v) is 2.41. The van der Waals surface area contributed by atoms with Gasteiger partial charge in [0.25, 0.3) is 0 Å². The van der Waals surface area contributed by atoms with Gasteiger partial charge >= 0.3 is 0 Å². The zero-order valence-corrected chi connectivity index (χ0v) is 8.82. The minimum absolute atomic E-state index is 0.190. The molecule has 1 aromatic carbocycles. The van der Waals surface area contributed by atoms with Crippen molar-refractivity contribution < 1.29 is 4.74 Å². The number of methoxy groups -OCH3 is 1. The number of nitrogens with zero attached hydrogens (tertiary/aromatic N) is 2. The van der Waals surface area contributed by atoms with Crippen molar-refractivity contribution >= 4 is 0 Å². The van der Waals surface area contributed by atoms with Crippen molar-refractivity contribution in [1.82, 2.24) is 0 Å². The molecule has 76 valence electrons. The number of nitriles is 2. The average molecular weight is 200 g/mol. The summed E-state index contributed by atoms with van der Waals surface area (Å²) >= 11 is 0. The first-order valence-electron chi connectivity index (χ1n) is 4.59. The molecule has 0 aromatic heterocycles. The molecule has 3 nitrogen and oxygen atoms in total. The maximum Gasteiger partial charge on any atom is 0.118 e. The normalized spacial score (nSPS) is 13.3. The van der Waals surface area contributed by atoms with Crippen LogP contribution in [-0.2, 0) is 5.41 Å². The first-order valence-corrected chi connectivity index (χ1v) is 4.59. The van der Waals surface area contributed by atoms with E-state index in [2.05, 4.69) is 6.07 Å². The van der Waals surface area contributed by atoms with E-state index in [1.807, 2.05) is 18.2 Å². The average Bonchev–Trinajstić information content (AvgIpc) is 2.29. The Labute approximate surface area is 89.5 Å². The zero-order chi connectivity index (χ0) is 11.3. The standard InChI is InChI=1S/C12H12N2O/c1-12(9-14,7-8-13)10-3-5-11(15-2)6-4-10/h3-6H,7H2,1-2H3. The van der Waals surface area contributed by atoms with E-state index in [-0.39, 0.29) is 6.42 Å². The lowest BCUT2D eigenvalue weighted by Crippen LogP contribution is -2.18. The fourth-order valence-electron chi connectivity index (χ4n) is 1.32. The monoisotopic (exact) mass is 200 g/mol. The molecule has 0 fully saturated rings. The second-order valence-electron chi connectivity index (χ2n) is 3.51. The summed E-state index contributed by atoms with van der Waals surface area (Å²) in [5.74, 6) is 0.746. The van der Waals surface area contributed by atoms with Crippen LogP contribution >= 0.6 is 0 Å². The summed E-state index contributed by atoms with van der Waals surface area (Å²) in [7, 11) is 1.59. The van der Waals surface area contributed by atoms with E-state index >= 15 is 0 Å². The van der Waals surface area contributed by atoms with E-state index in [4.69, 9.17) is 15.3 Å². The van der Waals surface area contributed by atoms with Crippen LogP contribution in [-0.4, -0.2) is 7.11 Å². The van der Waals surface area contributed by atoms with Crippen LogP contribution in [0.25, 0.3) is 0 Å². The quantitative estimate of drug-likeness (QED) is 0.752. The van der Waals surface area contributed by atoms with Gasteiger partial charge in [-0.3, -0.25) is 0 Å². The van der Waals surface area contributed by atoms with Crippen LogP contribution in [0.4, 0.5) is 0 Å². The van der Waals surface area contributed by atoms with Gasteiger partial charge in [-0.05, 0) is 24.6 Å². The highest BCUT2D eigenvalue weighted by atomic mass is 16.5. The lowest BCUT2D eigenvalue weighted by Gasteiger charge is -2.18. The van der Waals surface area contributed by atoms with Crippen molar-refractivity contribution in [1.29, 1.82) is 10.5 Å². The van der Waals surface area contributed by atoms with Crippen molar-refractivity contribution in [2.45, 2.75) is 18.8 Å². The Bertz CT molecular complexity index is 411. The topological polar surface area (TPSA) is 56.8 Å². The Morgan fingerprint density at radius 1 is 1.27 bits per heavy atom. The summed E-state index contributed by atoms with van der Waals surface area (Å²) in [4.78, 5) is 0. The molecule has 0 aliphatic rings. The first-order chi connectivity index (χ1) is 7.16. The third-order valence-electron chi connectivity index (χ3n) is 2.41. The van der Waals surface area contributed by atoms with Crippen LogP contribution in [0.2, 0.25) is 0 Å². The van der Waals surface area contributed by atoms with E-state index in [0.29, 0.717) is 0 Å². The predicted octanol–water partition coefficient (Wildman–Crippen LogP) is 2.39. The molecule has 1 rings (SSSR count). The molecule has 0 saturated heterocycles. The summed E-state index contributed by atoms with van der Waals surface area (Å²) in [5, 5.41) is 17.7. The Hall–Kier alpha value is -2.00. The number of benzene rings is 1. The fourth-order valence-corrected chi connectivity index (χ4v) is 1.32. The first kappa shape index (κ1) is 11.1. The van der Waals surface area contributed by atoms with Crippen molar-refractivity contribution in [3.8, 4) is 17.9 Å². The van der Waals surface area contributed by atoms with Gasteiger partial charge in [0.2, 0.25) is 0 Å². The largest absolute Gasteiger partial charge is 0.497 e. The highest BCUT2D eigenvalue weighted by Crippen LogP contribution is 2.27. The van der Waals surface area contributed by atoms with Gasteiger partial charge in [-0.15, -0.1) is 0 Å². The predicted molar refractivity (Wildman–Crippen MR) is 56.2 cm³/mol. The molecule has 1 unspecified atom stereocenters. The highest BCUT2D eigenvalue weighted by Gasteiger charge is 2.25. The second kappa shape index (κ2) is 4.48. The Kier molecular flexibility index (Phi) is 3.31. The molecule has 0 aliphatic heterocycles. The zero-order valence-electron chi connectivity index (χ0n) is 8.82. The number of rotatable bonds is 3. The molecule has 0 aliphatic carbocycles. The van der Waals surface area contributed by atoms with Crippen LogP contribution in [0, 0.1) is 22.7 Å². The fraction of sp³-hybridized carbons (Fsp3) is 0.333. The maximum absolute atomic E-state index is 9.06. The minimum Gasteiger partial charge on any atom is -0.497 e. The van der Waals surface area contributed by atoms with Crippen molar-refractivity contribution in [3.63, 3.8) is 0 Å². The Morgan fingerprint density at radius 3 is 2.27 bits per heavy atom. The molecule has 0 saturated carbocycles. The number of hydrogen-bond acceptors (Lipinski definition) is 3. The molecular weight excluding hydrogens is 188 g/mol. The summed E-state index contributed by atoms with van der Waals surface area (Å²) in [6, 6.07) is 11.4. The maximum atomic E-state index is 9.06. The molecule has 0 amide bonds. The lowest BCUT2D eigenvalue weighted by atomic mass is 9.81. The minimum atomic E-state index is -0.735. The summed E-state index contributed by atoms with van der Waals surface area (Å²) in [5.41, 5.74) is 0.105. The van der Waals surface area contributed by atoms with Crippen LogP contribution in [0.15, 0.2) is 24.3 Å². The van der Waals surface area contributed by atoms with Crippen molar-refractivity contribution in [2.24, 2.45) is 0 Å². The van der Waals surface area contributed by atoms with Crippen molar-refractivity contribution in [2.75, 3.05) is 7.11 Å². The van der Waals surface area contributed by atoms with E-state index in [1.165, 1.54) is 0 Å². The summed E-state index contributed by atoms with van der Waals surface area (Å²) in [6.45, 7) is 1.76. The van der Waals surface area contributed by atoms with Crippen LogP contribution in [0.5, 0.6) is 5.75 Å². The molecule has 0 heterocycles.